The predicted molar refractivity (Wildman–Crippen MR) is 39.7 cm³/mol. The predicted octanol–water partition coefficient (Wildman–Crippen LogP) is -2.93. The van der Waals surface area contributed by atoms with Crippen molar-refractivity contribution in [2.75, 3.05) is 0 Å². The molecule has 5 N–H and O–H groups in total. The van der Waals surface area contributed by atoms with Gasteiger partial charge in [0.15, 0.2) is 6.29 Å². The van der Waals surface area contributed by atoms with Crippen LogP contribution in [0.1, 0.15) is 0 Å². The molecule has 0 saturated heterocycles. The molecule has 0 spiro atoms. The lowest BCUT2D eigenvalue weighted by molar-refractivity contribution is -0.163. The number of carbonyl (C=O) groups is 1. The van der Waals surface area contributed by atoms with Crippen molar-refractivity contribution in [3.63, 3.8) is 0 Å². The summed E-state index contributed by atoms with van der Waals surface area (Å²) < 4.78 is 11.9. The molecule has 0 aliphatic carbocycles. The zero-order valence-corrected chi connectivity index (χ0v) is 6.89. The van der Waals surface area contributed by atoms with Crippen LogP contribution in [0.4, 0.5) is 9.09 Å². The fraction of sp³-hybridized carbons (Fsp3) is 0.833. The Balaban J connectivity index is 0. The lowest BCUT2D eigenvalue weighted by Crippen LogP contribution is -2.48. The zero-order valence-electron chi connectivity index (χ0n) is 6.89. The van der Waals surface area contributed by atoms with Crippen molar-refractivity contribution >= 4 is 6.29 Å². The summed E-state index contributed by atoms with van der Waals surface area (Å²) in [6, 6.07) is 0. The summed E-state index contributed by atoms with van der Waals surface area (Å²) in [6.07, 6.45) is -11.2. The lowest BCUT2D eigenvalue weighted by atomic mass is 10.0. The highest BCUT2D eigenvalue weighted by atomic mass is 19.1. The summed E-state index contributed by atoms with van der Waals surface area (Å²) >= 11 is 0. The van der Waals surface area contributed by atoms with Gasteiger partial charge in [0.05, 0.1) is 0 Å². The molecule has 6 nitrogen and oxygen atoms in total. The van der Waals surface area contributed by atoms with Gasteiger partial charge in [0.25, 0.3) is 0 Å². The Labute approximate surface area is 77.6 Å². The molecule has 0 radical (unpaired) electrons. The molecule has 0 aliphatic heterocycles. The van der Waals surface area contributed by atoms with E-state index in [1.807, 2.05) is 0 Å². The summed E-state index contributed by atoms with van der Waals surface area (Å²) in [4.78, 5) is 9.88. The van der Waals surface area contributed by atoms with E-state index in [1.54, 1.807) is 0 Å². The Morgan fingerprint density at radius 3 is 1.64 bits per heavy atom. The van der Waals surface area contributed by atoms with Gasteiger partial charge >= 0.3 is 0 Å². The molecule has 0 bridgehead atoms. The highest BCUT2D eigenvalue weighted by Gasteiger charge is 2.34. The second kappa shape index (κ2) is 6.74. The number of aliphatic hydroxyl groups is 5. The first-order valence-electron chi connectivity index (χ1n) is 3.41. The van der Waals surface area contributed by atoms with Crippen LogP contribution in [-0.2, 0) is 4.79 Å². The van der Waals surface area contributed by atoms with Crippen molar-refractivity contribution in [3.8, 4) is 0 Å². The second-order valence-corrected chi connectivity index (χ2v) is 2.47. The molecular weight excluding hydrogens is 206 g/mol. The van der Waals surface area contributed by atoms with Crippen LogP contribution in [0.2, 0.25) is 0 Å². The largest absolute Gasteiger partial charge is 0.387 e. The van der Waals surface area contributed by atoms with Crippen LogP contribution in [0.3, 0.4) is 0 Å². The first-order valence-corrected chi connectivity index (χ1v) is 3.41. The van der Waals surface area contributed by atoms with Crippen molar-refractivity contribution < 1.29 is 39.4 Å². The molecule has 0 heterocycles. The molecule has 8 heteroatoms. The Bertz CT molecular complexity index is 166. The van der Waals surface area contributed by atoms with Gasteiger partial charge in [0.2, 0.25) is 6.36 Å². The molecule has 5 atom stereocenters. The van der Waals surface area contributed by atoms with E-state index in [4.69, 9.17) is 25.5 Å². The van der Waals surface area contributed by atoms with Crippen LogP contribution in [0.15, 0.2) is 0 Å². The van der Waals surface area contributed by atoms with E-state index in [2.05, 4.69) is 0 Å². The zero-order chi connectivity index (χ0) is 10.6. The topological polar surface area (TPSA) is 118 Å². The number of rotatable bonds is 5. The van der Waals surface area contributed by atoms with Gasteiger partial charge in [0.1, 0.15) is 24.4 Å². The molecule has 0 saturated carbocycles. The molecule has 0 fully saturated rings. The number of hydrogen-bond acceptors (Lipinski definition) is 6. The molecule has 1 unspecified atom stereocenters. The molecule has 0 rings (SSSR count). The minimum atomic E-state index is -2.76. The smallest absolute Gasteiger partial charge is 0.225 e. The van der Waals surface area contributed by atoms with E-state index in [0.29, 0.717) is 0 Å². The number of halogens is 2. The minimum absolute atomic E-state index is 0. The molecule has 0 aromatic heterocycles. The van der Waals surface area contributed by atoms with Gasteiger partial charge in [-0.15, -0.1) is 0 Å². The molecule has 86 valence electrons. The van der Waals surface area contributed by atoms with E-state index in [-0.39, 0.29) is 11.0 Å². The maximum absolute atomic E-state index is 11.9. The SMILES string of the molecule is F.O=C[C@H](O)[C@@H](O)[C@H](O)[C@H](O)C(O)F. The summed E-state index contributed by atoms with van der Waals surface area (Å²) in [5.74, 6) is 0. The monoisotopic (exact) mass is 218 g/mol. The van der Waals surface area contributed by atoms with Crippen LogP contribution < -0.4 is 0 Å². The summed E-state index contributed by atoms with van der Waals surface area (Å²) in [7, 11) is 0. The van der Waals surface area contributed by atoms with Gasteiger partial charge in [-0.2, -0.15) is 0 Å². The lowest BCUT2D eigenvalue weighted by Gasteiger charge is -2.23. The van der Waals surface area contributed by atoms with Crippen LogP contribution >= 0.6 is 0 Å². The van der Waals surface area contributed by atoms with Gasteiger partial charge in [-0.3, -0.25) is 4.70 Å². The van der Waals surface area contributed by atoms with E-state index in [0.717, 1.165) is 0 Å². The third kappa shape index (κ3) is 4.03. The third-order valence-electron chi connectivity index (χ3n) is 1.47. The van der Waals surface area contributed by atoms with Gasteiger partial charge in [-0.1, -0.05) is 0 Å². The second-order valence-electron chi connectivity index (χ2n) is 2.47. The fourth-order valence-corrected chi connectivity index (χ4v) is 0.647. The van der Waals surface area contributed by atoms with Crippen LogP contribution in [0.25, 0.3) is 0 Å². The average Bonchev–Trinajstić information content (AvgIpc) is 2.12. The Morgan fingerprint density at radius 1 is 0.929 bits per heavy atom. The third-order valence-corrected chi connectivity index (χ3v) is 1.47. The van der Waals surface area contributed by atoms with Crippen molar-refractivity contribution in [2.24, 2.45) is 0 Å². The van der Waals surface area contributed by atoms with E-state index >= 15 is 0 Å². The van der Waals surface area contributed by atoms with E-state index in [1.165, 1.54) is 0 Å². The summed E-state index contributed by atoms with van der Waals surface area (Å²) in [5, 5.41) is 43.1. The molecule has 0 aromatic carbocycles. The maximum atomic E-state index is 11.9. The quantitative estimate of drug-likeness (QED) is 0.315. The van der Waals surface area contributed by atoms with Gasteiger partial charge in [-0.25, -0.2) is 4.39 Å². The van der Waals surface area contributed by atoms with Crippen LogP contribution in [-0.4, -0.2) is 62.6 Å². The number of aliphatic hydroxyl groups excluding tert-OH is 5. The van der Waals surface area contributed by atoms with Gasteiger partial charge < -0.3 is 30.3 Å². The van der Waals surface area contributed by atoms with Crippen molar-refractivity contribution in [2.45, 2.75) is 30.8 Å². The first kappa shape index (κ1) is 15.8. The normalized spacial score (nSPS) is 21.3. The van der Waals surface area contributed by atoms with E-state index < -0.39 is 30.8 Å². The Morgan fingerprint density at radius 2 is 1.36 bits per heavy atom. The van der Waals surface area contributed by atoms with Crippen molar-refractivity contribution in [3.05, 3.63) is 0 Å². The first-order chi connectivity index (χ1) is 5.91. The summed E-state index contributed by atoms with van der Waals surface area (Å²) in [5.41, 5.74) is 0. The van der Waals surface area contributed by atoms with Crippen LogP contribution in [0.5, 0.6) is 0 Å². The minimum Gasteiger partial charge on any atom is -0.387 e. The van der Waals surface area contributed by atoms with Crippen molar-refractivity contribution in [1.82, 2.24) is 0 Å². The fourth-order valence-electron chi connectivity index (χ4n) is 0.647. The molecular formula is C6H12F2O6. The van der Waals surface area contributed by atoms with E-state index in [9.17, 15) is 9.18 Å². The average molecular weight is 218 g/mol. The van der Waals surface area contributed by atoms with Gasteiger partial charge in [-0.05, 0) is 0 Å². The highest BCUT2D eigenvalue weighted by Crippen LogP contribution is 2.07. The number of alkyl halides is 1. The number of aldehydes is 1. The summed E-state index contributed by atoms with van der Waals surface area (Å²) in [6.45, 7) is 0. The molecule has 0 aliphatic rings. The molecule has 0 amide bonds. The van der Waals surface area contributed by atoms with Crippen LogP contribution in [0, 0.1) is 0 Å². The Kier molecular flexibility index (Phi) is 7.59. The Hall–Kier alpha value is -0.670. The standard InChI is InChI=1S/C6H11FO6.FH/c7-6(13)5(12)4(11)3(10)2(9)1-8;/h1-6,9-13H;1H/t2-,3+,4-,5-,6?;/m0./s1. The number of hydrogen-bond donors (Lipinski definition) is 5. The van der Waals surface area contributed by atoms with Gasteiger partial charge in [0, 0.05) is 0 Å². The van der Waals surface area contributed by atoms with Crippen molar-refractivity contribution in [1.29, 1.82) is 0 Å². The molecule has 14 heavy (non-hydrogen) atoms. The highest BCUT2D eigenvalue weighted by molar-refractivity contribution is 5.56. The molecule has 0 aromatic rings. The maximum Gasteiger partial charge on any atom is 0.225 e. The number of carbonyl (C=O) groups excluding carboxylic acids is 1.